The highest BCUT2D eigenvalue weighted by molar-refractivity contribution is 5.23. The fourth-order valence-electron chi connectivity index (χ4n) is 0.846. The van der Waals surface area contributed by atoms with Crippen LogP contribution in [0.1, 0.15) is 11.8 Å². The lowest BCUT2D eigenvalue weighted by Gasteiger charge is -2.09. The van der Waals surface area contributed by atoms with Gasteiger partial charge in [-0.2, -0.15) is 0 Å². The van der Waals surface area contributed by atoms with Crippen LogP contribution in [-0.4, -0.2) is 23.6 Å². The van der Waals surface area contributed by atoms with Gasteiger partial charge in [-0.3, -0.25) is 4.98 Å². The normalized spacial score (nSPS) is 13.0. The zero-order chi connectivity index (χ0) is 9.84. The summed E-state index contributed by atoms with van der Waals surface area (Å²) in [5.41, 5.74) is -0.0886. The van der Waals surface area contributed by atoms with Gasteiger partial charge in [0.25, 0.3) is 6.43 Å². The van der Waals surface area contributed by atoms with Crippen LogP contribution < -0.4 is 4.74 Å². The van der Waals surface area contributed by atoms with E-state index in [1.807, 2.05) is 0 Å². The van der Waals surface area contributed by atoms with E-state index in [1.165, 1.54) is 25.4 Å². The smallest absolute Gasteiger partial charge is 0.269 e. The molecule has 13 heavy (non-hydrogen) atoms. The number of methoxy groups -OCH3 is 1. The Labute approximate surface area is 74.0 Å². The fraction of sp³-hybridized carbons (Fsp3) is 0.375. The van der Waals surface area contributed by atoms with Crippen molar-refractivity contribution in [3.63, 3.8) is 0 Å². The van der Waals surface area contributed by atoms with Crippen molar-refractivity contribution in [2.24, 2.45) is 0 Å². The molecule has 0 spiro atoms. The summed E-state index contributed by atoms with van der Waals surface area (Å²) in [4.78, 5) is 3.60. The summed E-state index contributed by atoms with van der Waals surface area (Å²) in [6.07, 6.45) is -3.38. The topological polar surface area (TPSA) is 42.4 Å². The second-order valence-electron chi connectivity index (χ2n) is 2.40. The Balaban J connectivity index is 2.88. The van der Waals surface area contributed by atoms with Crippen molar-refractivity contribution in [2.45, 2.75) is 12.5 Å². The van der Waals surface area contributed by atoms with Gasteiger partial charge in [-0.25, -0.2) is 8.78 Å². The van der Waals surface area contributed by atoms with Crippen molar-refractivity contribution in [2.75, 3.05) is 7.11 Å². The molecule has 0 aliphatic heterocycles. The molecule has 0 saturated heterocycles. The molecule has 1 unspecified atom stereocenters. The van der Waals surface area contributed by atoms with E-state index in [9.17, 15) is 8.78 Å². The van der Waals surface area contributed by atoms with Crippen molar-refractivity contribution in [1.29, 1.82) is 0 Å². The summed E-state index contributed by atoms with van der Waals surface area (Å²) in [7, 11) is 1.41. The number of alkyl halides is 2. The van der Waals surface area contributed by atoms with Crippen LogP contribution in [0.2, 0.25) is 0 Å². The summed E-state index contributed by atoms with van der Waals surface area (Å²) in [5, 5.41) is 8.95. The minimum Gasteiger partial charge on any atom is -0.497 e. The number of aromatic nitrogens is 1. The van der Waals surface area contributed by atoms with Gasteiger partial charge in [0.1, 0.15) is 5.75 Å². The van der Waals surface area contributed by atoms with Crippen LogP contribution in [0.4, 0.5) is 8.78 Å². The SMILES string of the molecule is COc1ccnc(C(O)C(F)F)c1. The van der Waals surface area contributed by atoms with Gasteiger partial charge in [0.05, 0.1) is 12.8 Å². The third-order valence-electron chi connectivity index (χ3n) is 1.53. The molecule has 1 aromatic rings. The molecule has 1 heterocycles. The van der Waals surface area contributed by atoms with E-state index in [0.717, 1.165) is 0 Å². The molecular weight excluding hydrogens is 180 g/mol. The third kappa shape index (κ3) is 2.35. The maximum atomic E-state index is 12.0. The molecule has 0 radical (unpaired) electrons. The monoisotopic (exact) mass is 189 g/mol. The molecule has 5 heteroatoms. The summed E-state index contributed by atoms with van der Waals surface area (Å²) in [5.74, 6) is 0.393. The van der Waals surface area contributed by atoms with Crippen molar-refractivity contribution in [1.82, 2.24) is 4.98 Å². The lowest BCUT2D eigenvalue weighted by molar-refractivity contribution is -0.00830. The second kappa shape index (κ2) is 4.13. The number of nitrogens with zero attached hydrogens (tertiary/aromatic N) is 1. The number of ether oxygens (including phenoxy) is 1. The van der Waals surface area contributed by atoms with E-state index < -0.39 is 12.5 Å². The zero-order valence-electron chi connectivity index (χ0n) is 6.95. The van der Waals surface area contributed by atoms with Gasteiger partial charge in [-0.05, 0) is 6.07 Å². The highest BCUT2D eigenvalue weighted by Crippen LogP contribution is 2.21. The highest BCUT2D eigenvalue weighted by Gasteiger charge is 2.20. The van der Waals surface area contributed by atoms with Crippen LogP contribution in [0.25, 0.3) is 0 Å². The Hall–Kier alpha value is -1.23. The molecule has 0 aromatic carbocycles. The van der Waals surface area contributed by atoms with Crippen molar-refractivity contribution < 1.29 is 18.6 Å². The Kier molecular flexibility index (Phi) is 3.13. The minimum absolute atomic E-state index is 0.0886. The predicted molar refractivity (Wildman–Crippen MR) is 41.8 cm³/mol. The first-order chi connectivity index (χ1) is 6.15. The molecule has 0 bridgehead atoms. The third-order valence-corrected chi connectivity index (χ3v) is 1.53. The average molecular weight is 189 g/mol. The summed E-state index contributed by atoms with van der Waals surface area (Å²) < 4.78 is 28.8. The quantitative estimate of drug-likeness (QED) is 0.781. The van der Waals surface area contributed by atoms with Crippen molar-refractivity contribution in [3.05, 3.63) is 24.0 Å². The van der Waals surface area contributed by atoms with Gasteiger partial charge < -0.3 is 9.84 Å². The van der Waals surface area contributed by atoms with E-state index in [4.69, 9.17) is 9.84 Å². The standard InChI is InChI=1S/C8H9F2NO2/c1-13-5-2-3-11-6(4-5)7(12)8(9)10/h2-4,7-8,12H,1H3. The summed E-state index contributed by atoms with van der Waals surface area (Å²) >= 11 is 0. The summed E-state index contributed by atoms with van der Waals surface area (Å²) in [6.45, 7) is 0. The van der Waals surface area contributed by atoms with Gasteiger partial charge in [0, 0.05) is 12.3 Å². The maximum absolute atomic E-state index is 12.0. The Morgan fingerprint density at radius 2 is 2.23 bits per heavy atom. The van der Waals surface area contributed by atoms with Gasteiger partial charge >= 0.3 is 0 Å². The molecule has 72 valence electrons. The number of hydrogen-bond donors (Lipinski definition) is 1. The van der Waals surface area contributed by atoms with Crippen molar-refractivity contribution >= 4 is 0 Å². The van der Waals surface area contributed by atoms with Crippen LogP contribution in [0.5, 0.6) is 5.75 Å². The second-order valence-corrected chi connectivity index (χ2v) is 2.40. The lowest BCUT2D eigenvalue weighted by Crippen LogP contribution is -2.09. The minimum atomic E-state index is -2.83. The zero-order valence-corrected chi connectivity index (χ0v) is 6.95. The number of aliphatic hydroxyl groups excluding tert-OH is 1. The molecule has 0 aliphatic carbocycles. The van der Waals surface area contributed by atoms with Gasteiger partial charge in [-0.1, -0.05) is 0 Å². The Bertz CT molecular complexity index is 281. The lowest BCUT2D eigenvalue weighted by atomic mass is 10.2. The van der Waals surface area contributed by atoms with E-state index in [1.54, 1.807) is 0 Å². The Morgan fingerprint density at radius 3 is 2.77 bits per heavy atom. The van der Waals surface area contributed by atoms with E-state index in [2.05, 4.69) is 4.98 Å². The van der Waals surface area contributed by atoms with Gasteiger partial charge in [0.15, 0.2) is 6.10 Å². The number of rotatable bonds is 3. The first kappa shape index (κ1) is 9.85. The van der Waals surface area contributed by atoms with Crippen LogP contribution in [0.15, 0.2) is 18.3 Å². The average Bonchev–Trinajstić information content (AvgIpc) is 2.16. The molecule has 1 rings (SSSR count). The number of pyridine rings is 1. The first-order valence-corrected chi connectivity index (χ1v) is 3.61. The van der Waals surface area contributed by atoms with Crippen LogP contribution in [-0.2, 0) is 0 Å². The largest absolute Gasteiger partial charge is 0.497 e. The highest BCUT2D eigenvalue weighted by atomic mass is 19.3. The van der Waals surface area contributed by atoms with Gasteiger partial charge in [0.2, 0.25) is 0 Å². The summed E-state index contributed by atoms with van der Waals surface area (Å²) in [6, 6.07) is 2.79. The molecule has 0 fully saturated rings. The molecule has 0 saturated carbocycles. The van der Waals surface area contributed by atoms with Crippen molar-refractivity contribution in [3.8, 4) is 5.75 Å². The molecule has 1 aromatic heterocycles. The van der Waals surface area contributed by atoms with E-state index in [-0.39, 0.29) is 5.69 Å². The molecule has 3 nitrogen and oxygen atoms in total. The molecule has 1 atom stereocenters. The van der Waals surface area contributed by atoms with Crippen LogP contribution >= 0.6 is 0 Å². The van der Waals surface area contributed by atoms with Crippen LogP contribution in [0.3, 0.4) is 0 Å². The van der Waals surface area contributed by atoms with E-state index >= 15 is 0 Å². The predicted octanol–water partition coefficient (Wildman–Crippen LogP) is 1.39. The molecule has 1 N–H and O–H groups in total. The number of halogens is 2. The van der Waals surface area contributed by atoms with Crippen LogP contribution in [0, 0.1) is 0 Å². The number of aliphatic hydroxyl groups is 1. The first-order valence-electron chi connectivity index (χ1n) is 3.61. The van der Waals surface area contributed by atoms with E-state index in [0.29, 0.717) is 5.75 Å². The molecule has 0 amide bonds. The Morgan fingerprint density at radius 1 is 1.54 bits per heavy atom. The number of hydrogen-bond acceptors (Lipinski definition) is 3. The maximum Gasteiger partial charge on any atom is 0.269 e. The molecule has 0 aliphatic rings. The fourth-order valence-corrected chi connectivity index (χ4v) is 0.846. The van der Waals surface area contributed by atoms with Gasteiger partial charge in [-0.15, -0.1) is 0 Å². The molecular formula is C8H9F2NO2.